The minimum absolute atomic E-state index is 0.137. The molecule has 1 aliphatic rings. The molecule has 1 aliphatic heterocycles. The number of methoxy groups -OCH3 is 1. The van der Waals surface area contributed by atoms with E-state index in [0.29, 0.717) is 35.8 Å². The van der Waals surface area contributed by atoms with Gasteiger partial charge < -0.3 is 15.5 Å². The van der Waals surface area contributed by atoms with Gasteiger partial charge in [-0.05, 0) is 74.4 Å². The number of benzene rings is 1. The number of ketones is 1. The maximum atomic E-state index is 13.1. The minimum atomic E-state index is -0.246. The molecule has 6 nitrogen and oxygen atoms in total. The lowest BCUT2D eigenvalue weighted by Crippen LogP contribution is -2.34. The summed E-state index contributed by atoms with van der Waals surface area (Å²) in [4.78, 5) is 26.7. The second-order valence-corrected chi connectivity index (χ2v) is 8.61. The van der Waals surface area contributed by atoms with Crippen molar-refractivity contribution in [2.45, 2.75) is 54.0 Å². The van der Waals surface area contributed by atoms with E-state index in [-0.39, 0.29) is 17.6 Å². The number of carbonyl (C=O) groups is 2. The predicted molar refractivity (Wildman–Crippen MR) is 134 cm³/mol. The third-order valence-electron chi connectivity index (χ3n) is 6.02. The van der Waals surface area contributed by atoms with Gasteiger partial charge in [-0.2, -0.15) is 0 Å². The molecule has 2 rings (SSSR count). The van der Waals surface area contributed by atoms with Crippen LogP contribution in [0.1, 0.15) is 62.5 Å². The third kappa shape index (κ3) is 7.26. The van der Waals surface area contributed by atoms with E-state index in [4.69, 9.17) is 10.1 Å². The van der Waals surface area contributed by atoms with E-state index in [0.717, 1.165) is 36.1 Å². The van der Waals surface area contributed by atoms with Gasteiger partial charge in [0.1, 0.15) is 11.5 Å². The van der Waals surface area contributed by atoms with Crippen LogP contribution >= 0.6 is 0 Å². The predicted octanol–water partition coefficient (Wildman–Crippen LogP) is 4.84. The van der Waals surface area contributed by atoms with Crippen molar-refractivity contribution in [2.75, 3.05) is 20.2 Å². The van der Waals surface area contributed by atoms with Gasteiger partial charge in [0.15, 0.2) is 0 Å². The molecule has 1 amide bonds. The fourth-order valence-electron chi connectivity index (χ4n) is 3.83. The van der Waals surface area contributed by atoms with E-state index >= 15 is 0 Å². The highest BCUT2D eigenvalue weighted by atomic mass is 16.5. The Morgan fingerprint density at radius 1 is 1.27 bits per heavy atom. The lowest BCUT2D eigenvalue weighted by molar-refractivity contribution is -0.118. The summed E-state index contributed by atoms with van der Waals surface area (Å²) in [6.45, 7) is 11.4. The van der Waals surface area contributed by atoms with Gasteiger partial charge in [0.2, 0.25) is 0 Å². The Labute approximate surface area is 197 Å². The Morgan fingerprint density at radius 3 is 2.61 bits per heavy atom. The van der Waals surface area contributed by atoms with Crippen molar-refractivity contribution < 1.29 is 14.3 Å². The molecule has 6 heteroatoms. The van der Waals surface area contributed by atoms with Crippen LogP contribution in [0.2, 0.25) is 0 Å². The summed E-state index contributed by atoms with van der Waals surface area (Å²) >= 11 is 0. The van der Waals surface area contributed by atoms with Crippen LogP contribution in [-0.2, 0) is 17.8 Å². The number of rotatable bonds is 10. The van der Waals surface area contributed by atoms with Gasteiger partial charge in [-0.25, -0.2) is 0 Å². The number of hydrogen-bond donors (Lipinski definition) is 2. The molecule has 1 aromatic rings. The number of ether oxygens (including phenoxy) is 1. The molecule has 0 fully saturated rings. The fraction of sp³-hybridized carbons (Fsp3) is 0.444. The largest absolute Gasteiger partial charge is 0.496 e. The summed E-state index contributed by atoms with van der Waals surface area (Å²) < 4.78 is 5.51. The number of carbonyl (C=O) groups excluding carboxylic acids is 2. The van der Waals surface area contributed by atoms with Crippen LogP contribution in [0.5, 0.6) is 5.75 Å². The van der Waals surface area contributed by atoms with Gasteiger partial charge in [0.25, 0.3) is 5.91 Å². The lowest BCUT2D eigenvalue weighted by atomic mass is 9.96. The summed E-state index contributed by atoms with van der Waals surface area (Å²) in [5.74, 6) is 0.656. The molecule has 0 aromatic heterocycles. The maximum Gasteiger partial charge on any atom is 0.259 e. The highest BCUT2D eigenvalue weighted by Crippen LogP contribution is 2.28. The van der Waals surface area contributed by atoms with Gasteiger partial charge in [-0.1, -0.05) is 32.1 Å². The number of nitrogens with zero attached hydrogens (tertiary/aromatic N) is 1. The topological polar surface area (TPSA) is 82.5 Å². The van der Waals surface area contributed by atoms with Crippen molar-refractivity contribution in [3.8, 4) is 5.75 Å². The molecule has 33 heavy (non-hydrogen) atoms. The van der Waals surface area contributed by atoms with E-state index in [1.807, 2.05) is 57.2 Å². The van der Waals surface area contributed by atoms with Gasteiger partial charge in [0.05, 0.1) is 19.2 Å². The highest BCUT2D eigenvalue weighted by molar-refractivity contribution is 5.99. The van der Waals surface area contributed by atoms with Crippen LogP contribution in [0.15, 0.2) is 47.7 Å². The van der Waals surface area contributed by atoms with Crippen molar-refractivity contribution >= 4 is 17.4 Å². The fourth-order valence-corrected chi connectivity index (χ4v) is 3.83. The standard InChI is InChI=1S/C27H37N3O3/c1-7-18(3)26(28)19(4)10-9-11-23(8-2)29-27(32)24-14-22-17-30(16-20(5)31)13-12-21(22)15-25(24)33-6/h8-11,14-15,18,28H,7,12-13,16-17H2,1-6H3,(H,29,32)/b11-9-,19-10+,23-8-,28-26?. The molecule has 0 saturated carbocycles. The summed E-state index contributed by atoms with van der Waals surface area (Å²) in [5.41, 5.74) is 4.88. The zero-order valence-corrected chi connectivity index (χ0v) is 20.7. The first-order valence-electron chi connectivity index (χ1n) is 11.5. The monoisotopic (exact) mass is 451 g/mol. The van der Waals surface area contributed by atoms with Crippen molar-refractivity contribution in [1.29, 1.82) is 5.41 Å². The zero-order chi connectivity index (χ0) is 24.5. The molecule has 0 spiro atoms. The number of hydrogen-bond acceptors (Lipinski definition) is 5. The summed E-state index contributed by atoms with van der Waals surface area (Å²) in [7, 11) is 1.57. The number of nitrogens with one attached hydrogen (secondary N) is 2. The maximum absolute atomic E-state index is 13.1. The number of fused-ring (bicyclic) bond motifs is 1. The van der Waals surface area contributed by atoms with Crippen molar-refractivity contribution in [2.24, 2.45) is 5.92 Å². The van der Waals surface area contributed by atoms with Crippen LogP contribution in [-0.4, -0.2) is 42.5 Å². The number of allylic oxidation sites excluding steroid dienone is 5. The van der Waals surface area contributed by atoms with Crippen molar-refractivity contribution in [3.05, 3.63) is 64.4 Å². The molecule has 1 atom stereocenters. The Morgan fingerprint density at radius 2 is 2.00 bits per heavy atom. The normalized spacial score (nSPS) is 15.8. The molecule has 0 bridgehead atoms. The van der Waals surface area contributed by atoms with Crippen LogP contribution in [0.25, 0.3) is 0 Å². The van der Waals surface area contributed by atoms with E-state index in [1.165, 1.54) is 0 Å². The second-order valence-electron chi connectivity index (χ2n) is 8.61. The first kappa shape index (κ1) is 26.3. The van der Waals surface area contributed by atoms with E-state index in [1.54, 1.807) is 14.0 Å². The Balaban J connectivity index is 2.17. The van der Waals surface area contributed by atoms with Crippen molar-refractivity contribution in [1.82, 2.24) is 10.2 Å². The lowest BCUT2D eigenvalue weighted by Gasteiger charge is -2.28. The number of amides is 1. The van der Waals surface area contributed by atoms with Gasteiger partial charge >= 0.3 is 0 Å². The molecule has 178 valence electrons. The third-order valence-corrected chi connectivity index (χ3v) is 6.02. The number of Topliss-reactive ketones (excluding diaryl/α,β-unsaturated/α-hetero) is 1. The minimum Gasteiger partial charge on any atom is -0.496 e. The molecule has 1 unspecified atom stereocenters. The quantitative estimate of drug-likeness (QED) is 0.394. The SMILES string of the molecule is C/C=C(/C=C\C=C(/C)C(=N)C(C)CC)NC(=O)c1cc2c(cc1OC)CCN(CC(C)=O)C2. The average molecular weight is 452 g/mol. The first-order valence-corrected chi connectivity index (χ1v) is 11.5. The molecule has 0 aliphatic carbocycles. The van der Waals surface area contributed by atoms with Gasteiger partial charge in [0, 0.05) is 24.5 Å². The van der Waals surface area contributed by atoms with Gasteiger partial charge in [-0.3, -0.25) is 14.5 Å². The van der Waals surface area contributed by atoms with Crippen LogP contribution in [0.4, 0.5) is 0 Å². The summed E-state index contributed by atoms with van der Waals surface area (Å²) in [6.07, 6.45) is 9.15. The zero-order valence-electron chi connectivity index (χ0n) is 20.7. The second kappa shape index (κ2) is 12.3. The Hall–Kier alpha value is -2.99. The smallest absolute Gasteiger partial charge is 0.259 e. The average Bonchev–Trinajstić information content (AvgIpc) is 2.80. The Bertz CT molecular complexity index is 989. The molecule has 0 saturated heterocycles. The van der Waals surface area contributed by atoms with Crippen molar-refractivity contribution in [3.63, 3.8) is 0 Å². The van der Waals surface area contributed by atoms with Crippen LogP contribution < -0.4 is 10.1 Å². The van der Waals surface area contributed by atoms with E-state index in [9.17, 15) is 9.59 Å². The molecule has 0 radical (unpaired) electrons. The van der Waals surface area contributed by atoms with E-state index in [2.05, 4.69) is 17.1 Å². The summed E-state index contributed by atoms with van der Waals surface area (Å²) in [6, 6.07) is 3.82. The molecule has 1 heterocycles. The summed E-state index contributed by atoms with van der Waals surface area (Å²) in [5, 5.41) is 11.2. The molecule has 1 aromatic carbocycles. The molecular weight excluding hydrogens is 414 g/mol. The van der Waals surface area contributed by atoms with Gasteiger partial charge in [-0.15, -0.1) is 0 Å². The van der Waals surface area contributed by atoms with E-state index < -0.39 is 0 Å². The van der Waals surface area contributed by atoms with Crippen LogP contribution in [0.3, 0.4) is 0 Å². The highest BCUT2D eigenvalue weighted by Gasteiger charge is 2.22. The first-order chi connectivity index (χ1) is 15.7. The molecule has 2 N–H and O–H groups in total. The molecular formula is C27H37N3O3. The Kier molecular flexibility index (Phi) is 9.79. The van der Waals surface area contributed by atoms with Crippen LogP contribution in [0, 0.1) is 11.3 Å².